The molecule has 1 aromatic heterocycles. The van der Waals surface area contributed by atoms with Gasteiger partial charge in [0, 0.05) is 18.4 Å². The first-order chi connectivity index (χ1) is 9.31. The molecule has 0 saturated carbocycles. The number of carbonyl (C=O) groups excluding carboxylic acids is 1. The molecule has 0 aliphatic carbocycles. The van der Waals surface area contributed by atoms with Crippen molar-refractivity contribution in [2.24, 2.45) is 0 Å². The topological polar surface area (TPSA) is 44.1 Å². The van der Waals surface area contributed by atoms with Gasteiger partial charge < -0.3 is 9.30 Å². The molecule has 1 aromatic carbocycles. The summed E-state index contributed by atoms with van der Waals surface area (Å²) < 4.78 is 6.34. The number of hydrogen-bond acceptors (Lipinski definition) is 3. The summed E-state index contributed by atoms with van der Waals surface area (Å²) in [5, 5.41) is 0. The first-order valence-corrected chi connectivity index (χ1v) is 6.40. The third-order valence-corrected chi connectivity index (χ3v) is 2.59. The van der Waals surface area contributed by atoms with E-state index in [4.69, 9.17) is 0 Å². The van der Waals surface area contributed by atoms with E-state index in [1.54, 1.807) is 6.92 Å². The molecular weight excluding hydrogens is 240 g/mol. The number of ether oxygens (including phenoxy) is 1. The summed E-state index contributed by atoms with van der Waals surface area (Å²) in [6, 6.07) is 10.5. The lowest BCUT2D eigenvalue weighted by Crippen LogP contribution is -2.01. The van der Waals surface area contributed by atoms with Crippen LogP contribution in [0.25, 0.3) is 0 Å². The molecule has 1 heterocycles. The third kappa shape index (κ3) is 5.38. The summed E-state index contributed by atoms with van der Waals surface area (Å²) in [6.45, 7) is 5.74. The van der Waals surface area contributed by atoms with Crippen LogP contribution in [0, 0.1) is 0 Å². The SMILES string of the molecule is CCOC=O.CCc1cncn1Cc1ccccc1. The fourth-order valence-corrected chi connectivity index (χ4v) is 1.63. The Balaban J connectivity index is 0.000000312. The molecule has 102 valence electrons. The molecule has 0 fully saturated rings. The molecule has 0 aliphatic heterocycles. The Morgan fingerprint density at radius 3 is 2.53 bits per heavy atom. The third-order valence-electron chi connectivity index (χ3n) is 2.59. The molecule has 0 radical (unpaired) electrons. The minimum Gasteiger partial charge on any atom is -0.468 e. The van der Waals surface area contributed by atoms with Crippen molar-refractivity contribution in [3.8, 4) is 0 Å². The van der Waals surface area contributed by atoms with E-state index in [2.05, 4.69) is 45.5 Å². The Morgan fingerprint density at radius 1 is 1.26 bits per heavy atom. The van der Waals surface area contributed by atoms with Crippen LogP contribution in [-0.4, -0.2) is 22.6 Å². The minimum absolute atomic E-state index is 0.431. The average Bonchev–Trinajstić information content (AvgIpc) is 2.89. The smallest absolute Gasteiger partial charge is 0.293 e. The highest BCUT2D eigenvalue weighted by atomic mass is 16.5. The lowest BCUT2D eigenvalue weighted by molar-refractivity contribution is -0.128. The second-order valence-corrected chi connectivity index (χ2v) is 3.90. The standard InChI is InChI=1S/C12H14N2.C3H6O2/c1-2-12-8-13-10-14(12)9-11-6-4-3-5-7-11;1-2-5-3-4/h3-8,10H,2,9H2,1H3;3H,2H2,1H3. The van der Waals surface area contributed by atoms with Crippen LogP contribution in [0.3, 0.4) is 0 Å². The van der Waals surface area contributed by atoms with E-state index < -0.39 is 0 Å². The Kier molecular flexibility index (Phi) is 7.02. The van der Waals surface area contributed by atoms with Gasteiger partial charge in [0.05, 0.1) is 12.9 Å². The van der Waals surface area contributed by atoms with Crippen molar-refractivity contribution >= 4 is 6.47 Å². The van der Waals surface area contributed by atoms with Crippen molar-refractivity contribution in [2.45, 2.75) is 26.8 Å². The number of carbonyl (C=O) groups is 1. The molecule has 19 heavy (non-hydrogen) atoms. The molecule has 0 unspecified atom stereocenters. The second-order valence-electron chi connectivity index (χ2n) is 3.90. The first-order valence-electron chi connectivity index (χ1n) is 6.40. The monoisotopic (exact) mass is 260 g/mol. The van der Waals surface area contributed by atoms with E-state index in [1.165, 1.54) is 11.3 Å². The highest BCUT2D eigenvalue weighted by molar-refractivity contribution is 5.36. The predicted molar refractivity (Wildman–Crippen MR) is 74.8 cm³/mol. The van der Waals surface area contributed by atoms with Crippen LogP contribution in [0.15, 0.2) is 42.9 Å². The zero-order chi connectivity index (χ0) is 13.9. The van der Waals surface area contributed by atoms with Gasteiger partial charge in [-0.1, -0.05) is 37.3 Å². The molecule has 4 heteroatoms. The number of nitrogens with zero attached hydrogens (tertiary/aromatic N) is 2. The van der Waals surface area contributed by atoms with Crippen molar-refractivity contribution in [1.29, 1.82) is 0 Å². The first kappa shape index (κ1) is 15.0. The molecule has 2 aromatic rings. The van der Waals surface area contributed by atoms with Crippen LogP contribution in [0.5, 0.6) is 0 Å². The average molecular weight is 260 g/mol. The molecular formula is C15H20N2O2. The van der Waals surface area contributed by atoms with Crippen molar-refractivity contribution in [2.75, 3.05) is 6.61 Å². The lowest BCUT2D eigenvalue weighted by Gasteiger charge is -2.05. The molecule has 0 atom stereocenters. The maximum absolute atomic E-state index is 9.18. The van der Waals surface area contributed by atoms with Crippen LogP contribution in [-0.2, 0) is 22.5 Å². The summed E-state index contributed by atoms with van der Waals surface area (Å²) in [6.07, 6.45) is 4.86. The van der Waals surface area contributed by atoms with Gasteiger partial charge in [0.2, 0.25) is 0 Å². The maximum Gasteiger partial charge on any atom is 0.293 e. The van der Waals surface area contributed by atoms with Crippen LogP contribution in [0.1, 0.15) is 25.1 Å². The molecule has 0 bridgehead atoms. The molecule has 0 spiro atoms. The highest BCUT2D eigenvalue weighted by Crippen LogP contribution is 2.06. The second kappa shape index (κ2) is 8.91. The molecule has 0 amide bonds. The molecule has 4 nitrogen and oxygen atoms in total. The zero-order valence-electron chi connectivity index (χ0n) is 11.5. The summed E-state index contributed by atoms with van der Waals surface area (Å²) in [5.41, 5.74) is 2.61. The molecule has 0 saturated heterocycles. The fraction of sp³-hybridized carbons (Fsp3) is 0.333. The van der Waals surface area contributed by atoms with Gasteiger partial charge in [-0.3, -0.25) is 4.79 Å². The largest absolute Gasteiger partial charge is 0.468 e. The summed E-state index contributed by atoms with van der Waals surface area (Å²) in [5.74, 6) is 0. The van der Waals surface area contributed by atoms with Gasteiger partial charge in [0.25, 0.3) is 6.47 Å². The van der Waals surface area contributed by atoms with Gasteiger partial charge in [-0.25, -0.2) is 4.98 Å². The van der Waals surface area contributed by atoms with Crippen molar-refractivity contribution < 1.29 is 9.53 Å². The van der Waals surface area contributed by atoms with Crippen LogP contribution in [0.2, 0.25) is 0 Å². The number of benzene rings is 1. The van der Waals surface area contributed by atoms with Crippen molar-refractivity contribution in [3.05, 3.63) is 54.1 Å². The van der Waals surface area contributed by atoms with Gasteiger partial charge in [0.1, 0.15) is 0 Å². The van der Waals surface area contributed by atoms with Crippen LogP contribution < -0.4 is 0 Å². The van der Waals surface area contributed by atoms with E-state index in [0.717, 1.165) is 13.0 Å². The van der Waals surface area contributed by atoms with E-state index in [1.807, 2.05) is 18.6 Å². The van der Waals surface area contributed by atoms with E-state index in [0.29, 0.717) is 13.1 Å². The number of imidazole rings is 1. The summed E-state index contributed by atoms with van der Waals surface area (Å²) >= 11 is 0. The van der Waals surface area contributed by atoms with Crippen molar-refractivity contribution in [1.82, 2.24) is 9.55 Å². The molecule has 0 N–H and O–H groups in total. The van der Waals surface area contributed by atoms with Gasteiger partial charge in [0.15, 0.2) is 0 Å². The van der Waals surface area contributed by atoms with Crippen LogP contribution >= 0.6 is 0 Å². The Hall–Kier alpha value is -2.10. The van der Waals surface area contributed by atoms with Gasteiger partial charge in [-0.15, -0.1) is 0 Å². The van der Waals surface area contributed by atoms with Crippen LogP contribution in [0.4, 0.5) is 0 Å². The van der Waals surface area contributed by atoms with E-state index in [9.17, 15) is 4.79 Å². The van der Waals surface area contributed by atoms with Gasteiger partial charge >= 0.3 is 0 Å². The maximum atomic E-state index is 9.18. The number of aromatic nitrogens is 2. The fourth-order valence-electron chi connectivity index (χ4n) is 1.63. The Bertz CT molecular complexity index is 466. The van der Waals surface area contributed by atoms with Gasteiger partial charge in [-0.05, 0) is 18.9 Å². The van der Waals surface area contributed by atoms with Gasteiger partial charge in [-0.2, -0.15) is 0 Å². The summed E-state index contributed by atoms with van der Waals surface area (Å²) in [4.78, 5) is 13.3. The number of aryl methyl sites for hydroxylation is 1. The normalized spacial score (nSPS) is 9.37. The van der Waals surface area contributed by atoms with E-state index in [-0.39, 0.29) is 0 Å². The van der Waals surface area contributed by atoms with E-state index >= 15 is 0 Å². The zero-order valence-corrected chi connectivity index (χ0v) is 11.5. The van der Waals surface area contributed by atoms with Crippen molar-refractivity contribution in [3.63, 3.8) is 0 Å². The Labute approximate surface area is 114 Å². The quantitative estimate of drug-likeness (QED) is 0.776. The Morgan fingerprint density at radius 2 is 2.00 bits per heavy atom. The highest BCUT2D eigenvalue weighted by Gasteiger charge is 1.99. The summed E-state index contributed by atoms with van der Waals surface area (Å²) in [7, 11) is 0. The molecule has 2 rings (SSSR count). The number of rotatable bonds is 5. The lowest BCUT2D eigenvalue weighted by atomic mass is 10.2. The minimum atomic E-state index is 0.431. The molecule has 0 aliphatic rings. The predicted octanol–water partition coefficient (Wildman–Crippen LogP) is 2.67. The number of hydrogen-bond donors (Lipinski definition) is 0.